The Hall–Kier alpha value is -3.93. The molecule has 59 heavy (non-hydrogen) atoms. The highest BCUT2D eigenvalue weighted by Gasteiger charge is 2.19. The molecule has 0 radical (unpaired) electrons. The minimum absolute atomic E-state index is 0.119. The van der Waals surface area contributed by atoms with Gasteiger partial charge in [0.2, 0.25) is 0 Å². The summed E-state index contributed by atoms with van der Waals surface area (Å²) >= 11 is 0. The Morgan fingerprint density at radius 1 is 0.390 bits per heavy atom. The molecule has 0 spiro atoms. The van der Waals surface area contributed by atoms with Gasteiger partial charge in [-0.15, -0.1) is 0 Å². The highest BCUT2D eigenvalue weighted by atomic mass is 16.6. The number of rotatable bonds is 40. The summed E-state index contributed by atoms with van der Waals surface area (Å²) in [5.41, 5.74) is 0. The van der Waals surface area contributed by atoms with Crippen LogP contribution in [0.2, 0.25) is 0 Å². The molecule has 0 aromatic rings. The molecule has 0 aromatic carbocycles. The third kappa shape index (κ3) is 45.0. The molecule has 0 aromatic heterocycles. The average molecular weight is 817 g/mol. The first-order valence-electron chi connectivity index (χ1n) is 23.4. The quantitative estimate of drug-likeness (QED) is 0.0201. The molecule has 0 aliphatic rings. The lowest BCUT2D eigenvalue weighted by atomic mass is 10.1. The lowest BCUT2D eigenvalue weighted by Crippen LogP contribution is -2.30. The van der Waals surface area contributed by atoms with Crippen molar-refractivity contribution in [3.63, 3.8) is 0 Å². The number of carbonyl (C=O) groups excluding carboxylic acids is 3. The second-order valence-electron chi connectivity index (χ2n) is 14.9. The highest BCUT2D eigenvalue weighted by molar-refractivity contribution is 5.72. The molecule has 1 unspecified atom stereocenters. The molecule has 0 saturated carbocycles. The molecule has 6 nitrogen and oxygen atoms in total. The first-order chi connectivity index (χ1) is 29.0. The fraction of sp³-hybridized carbons (Fsp3) is 0.604. The Morgan fingerprint density at radius 2 is 0.780 bits per heavy atom. The first kappa shape index (κ1) is 55.1. The predicted molar refractivity (Wildman–Crippen MR) is 251 cm³/mol. The lowest BCUT2D eigenvalue weighted by molar-refractivity contribution is -0.166. The molecule has 0 N–H and O–H groups in total. The molecule has 0 fully saturated rings. The minimum atomic E-state index is -0.840. The van der Waals surface area contributed by atoms with Crippen LogP contribution in [0.3, 0.4) is 0 Å². The van der Waals surface area contributed by atoms with Gasteiger partial charge in [-0.05, 0) is 96.3 Å². The van der Waals surface area contributed by atoms with Crippen LogP contribution in [0.1, 0.15) is 188 Å². The van der Waals surface area contributed by atoms with Crippen LogP contribution >= 0.6 is 0 Å². The van der Waals surface area contributed by atoms with Gasteiger partial charge in [0.15, 0.2) is 6.10 Å². The molecule has 0 aliphatic heterocycles. The maximum absolute atomic E-state index is 12.7. The third-order valence-corrected chi connectivity index (χ3v) is 9.30. The van der Waals surface area contributed by atoms with Crippen LogP contribution in [-0.2, 0) is 28.6 Å². The topological polar surface area (TPSA) is 78.9 Å². The molecule has 0 rings (SSSR count). The molecule has 0 heterocycles. The second-order valence-corrected chi connectivity index (χ2v) is 14.9. The zero-order valence-electron chi connectivity index (χ0n) is 37.7. The highest BCUT2D eigenvalue weighted by Crippen LogP contribution is 2.11. The maximum atomic E-state index is 12.7. The Bertz CT molecular complexity index is 1260. The zero-order valence-corrected chi connectivity index (χ0v) is 37.7. The van der Waals surface area contributed by atoms with E-state index in [4.69, 9.17) is 14.2 Å². The van der Waals surface area contributed by atoms with E-state index in [-0.39, 0.29) is 38.0 Å². The normalized spacial score (nSPS) is 13.1. The molecule has 0 saturated heterocycles. The second kappa shape index (κ2) is 46.8. The van der Waals surface area contributed by atoms with Gasteiger partial charge in [-0.25, -0.2) is 0 Å². The van der Waals surface area contributed by atoms with Crippen LogP contribution in [0.25, 0.3) is 0 Å². The summed E-state index contributed by atoms with van der Waals surface area (Å²) in [5.74, 6) is -1.13. The Morgan fingerprint density at radius 3 is 1.29 bits per heavy atom. The van der Waals surface area contributed by atoms with E-state index in [9.17, 15) is 14.4 Å². The number of hydrogen-bond donors (Lipinski definition) is 0. The number of ether oxygens (including phenoxy) is 3. The van der Waals surface area contributed by atoms with Gasteiger partial charge in [0.25, 0.3) is 0 Å². The van der Waals surface area contributed by atoms with Crippen molar-refractivity contribution in [2.75, 3.05) is 13.2 Å². The Kier molecular flexibility index (Phi) is 43.6. The van der Waals surface area contributed by atoms with E-state index in [1.54, 1.807) is 6.08 Å². The van der Waals surface area contributed by atoms with Crippen molar-refractivity contribution in [2.24, 2.45) is 0 Å². The van der Waals surface area contributed by atoms with Crippen molar-refractivity contribution in [3.05, 3.63) is 109 Å². The fourth-order valence-electron chi connectivity index (χ4n) is 5.84. The van der Waals surface area contributed by atoms with Gasteiger partial charge in [0.05, 0.1) is 6.42 Å². The van der Waals surface area contributed by atoms with E-state index in [2.05, 4.69) is 118 Å². The largest absolute Gasteiger partial charge is 0.462 e. The zero-order chi connectivity index (χ0) is 43.0. The molecule has 332 valence electrons. The SMILES string of the molecule is CC/C=C\C/C=C\C/C=C\C/C=C\CCCCCC(=O)OCC(COC(=O)C/C=C\C/C=C\C/C=C\CC)OC(=O)CCCCC/C=C\C=C/CCCCCCCCC. The van der Waals surface area contributed by atoms with Crippen LogP contribution in [0.5, 0.6) is 0 Å². The lowest BCUT2D eigenvalue weighted by Gasteiger charge is -2.18. The number of esters is 3. The van der Waals surface area contributed by atoms with Crippen LogP contribution in [0.15, 0.2) is 109 Å². The fourth-order valence-corrected chi connectivity index (χ4v) is 5.84. The van der Waals surface area contributed by atoms with E-state index in [0.717, 1.165) is 96.3 Å². The Balaban J connectivity index is 4.53. The van der Waals surface area contributed by atoms with Crippen molar-refractivity contribution < 1.29 is 28.6 Å². The van der Waals surface area contributed by atoms with Crippen molar-refractivity contribution >= 4 is 17.9 Å². The summed E-state index contributed by atoms with van der Waals surface area (Å²) < 4.78 is 16.5. The van der Waals surface area contributed by atoms with Gasteiger partial charge in [0.1, 0.15) is 13.2 Å². The maximum Gasteiger partial charge on any atom is 0.309 e. The number of hydrogen-bond acceptors (Lipinski definition) is 6. The van der Waals surface area contributed by atoms with Crippen LogP contribution in [-0.4, -0.2) is 37.2 Å². The first-order valence-corrected chi connectivity index (χ1v) is 23.4. The summed E-state index contributed by atoms with van der Waals surface area (Å²) in [4.78, 5) is 37.7. The number of unbranched alkanes of at least 4 members (excludes halogenated alkanes) is 13. The third-order valence-electron chi connectivity index (χ3n) is 9.30. The Labute approximate surface area is 361 Å². The van der Waals surface area contributed by atoms with Crippen molar-refractivity contribution in [2.45, 2.75) is 194 Å². The summed E-state index contributed by atoms with van der Waals surface area (Å²) in [6.07, 6.45) is 62.5. The van der Waals surface area contributed by atoms with Gasteiger partial charge in [-0.3, -0.25) is 14.4 Å². The van der Waals surface area contributed by atoms with Crippen LogP contribution < -0.4 is 0 Å². The summed E-state index contributed by atoms with van der Waals surface area (Å²) in [6, 6.07) is 0. The van der Waals surface area contributed by atoms with E-state index < -0.39 is 12.1 Å². The number of allylic oxidation sites excluding steroid dienone is 17. The van der Waals surface area contributed by atoms with Gasteiger partial charge in [-0.2, -0.15) is 0 Å². The van der Waals surface area contributed by atoms with Crippen molar-refractivity contribution in [1.29, 1.82) is 0 Å². The van der Waals surface area contributed by atoms with Gasteiger partial charge >= 0.3 is 17.9 Å². The number of carbonyl (C=O) groups is 3. The molecule has 0 bridgehead atoms. The van der Waals surface area contributed by atoms with E-state index in [1.807, 2.05) is 6.08 Å². The van der Waals surface area contributed by atoms with Crippen molar-refractivity contribution in [1.82, 2.24) is 0 Å². The molecular formula is C53H84O6. The van der Waals surface area contributed by atoms with E-state index in [1.165, 1.54) is 44.9 Å². The van der Waals surface area contributed by atoms with E-state index >= 15 is 0 Å². The molecule has 6 heteroatoms. The summed E-state index contributed by atoms with van der Waals surface area (Å²) in [7, 11) is 0. The van der Waals surface area contributed by atoms with Gasteiger partial charge in [0, 0.05) is 12.8 Å². The molecule has 1 atom stereocenters. The molecule has 0 amide bonds. The van der Waals surface area contributed by atoms with Crippen molar-refractivity contribution in [3.8, 4) is 0 Å². The summed E-state index contributed by atoms with van der Waals surface area (Å²) in [6.45, 7) is 6.22. The van der Waals surface area contributed by atoms with Gasteiger partial charge < -0.3 is 14.2 Å². The van der Waals surface area contributed by atoms with Crippen LogP contribution in [0, 0.1) is 0 Å². The minimum Gasteiger partial charge on any atom is -0.462 e. The van der Waals surface area contributed by atoms with Gasteiger partial charge in [-0.1, -0.05) is 182 Å². The van der Waals surface area contributed by atoms with Crippen LogP contribution in [0.4, 0.5) is 0 Å². The average Bonchev–Trinajstić information content (AvgIpc) is 3.23. The standard InChI is InChI=1S/C53H84O6/c1-4-7-10-13-16-19-21-23-25-27-29-31-34-37-40-43-46-52(55)58-49-50(48-57-51(54)45-42-39-36-33-18-15-12-9-6-3)59-53(56)47-44-41-38-35-32-30-28-26-24-22-20-17-14-11-8-5-2/h7,9-10,12,16,18-19,23,25-26,28-33,39,42,50H,4-6,8,11,13-15,17,20-22,24,27,34-38,40-41,43-49H2,1-3H3/b10-7-,12-9-,19-16-,25-23-,28-26-,31-29-,32-30-,33-18-,42-39-. The molecular weight excluding hydrogens is 733 g/mol. The smallest absolute Gasteiger partial charge is 0.309 e. The molecule has 0 aliphatic carbocycles. The van der Waals surface area contributed by atoms with E-state index in [0.29, 0.717) is 12.8 Å². The monoisotopic (exact) mass is 817 g/mol. The summed E-state index contributed by atoms with van der Waals surface area (Å²) in [5, 5.41) is 0. The predicted octanol–water partition coefficient (Wildman–Crippen LogP) is 15.2.